The number of anilines is 2. The average Bonchev–Trinajstić information content (AvgIpc) is 2.82. The van der Waals surface area contributed by atoms with Crippen molar-refractivity contribution in [3.63, 3.8) is 0 Å². The van der Waals surface area contributed by atoms with Crippen LogP contribution in [0.5, 0.6) is 5.75 Å². The molecule has 3 aromatic rings. The minimum atomic E-state index is -4.13. The van der Waals surface area contributed by atoms with Crippen molar-refractivity contribution < 1.29 is 22.7 Å². The van der Waals surface area contributed by atoms with Gasteiger partial charge in [-0.25, -0.2) is 8.42 Å². The van der Waals surface area contributed by atoms with E-state index in [1.54, 1.807) is 36.4 Å². The molecular formula is C24H22ClN3O5S. The number of hydrogen-bond acceptors (Lipinski definition) is 5. The van der Waals surface area contributed by atoms with E-state index in [0.717, 1.165) is 4.31 Å². The Kier molecular flexibility index (Phi) is 7.60. The van der Waals surface area contributed by atoms with Gasteiger partial charge >= 0.3 is 0 Å². The predicted molar refractivity (Wildman–Crippen MR) is 132 cm³/mol. The number of nitrogens with two attached hydrogens (primary N) is 1. The van der Waals surface area contributed by atoms with Crippen LogP contribution in [0, 0.1) is 0 Å². The second kappa shape index (κ2) is 10.4. The zero-order chi connectivity index (χ0) is 24.9. The van der Waals surface area contributed by atoms with Crippen LogP contribution in [0.15, 0.2) is 84.3 Å². The number of primary amides is 1. The molecular weight excluding hydrogens is 478 g/mol. The molecule has 3 rings (SSSR count). The van der Waals surface area contributed by atoms with Gasteiger partial charge in [-0.2, -0.15) is 0 Å². The standard InChI is InChI=1S/C24H22ClN3O5S/c1-3-13-28(21-9-4-5-10-22(21)33-2)34(31,32)18-11-12-20(25)19(15-18)24(30)27-17-8-6-7-16(14-17)23(26)29/h3-12,14-15H,1,13H2,2H3,(H2,26,29)(H,27,30). The van der Waals surface area contributed by atoms with Crippen LogP contribution < -0.4 is 20.1 Å². The molecule has 0 radical (unpaired) electrons. The smallest absolute Gasteiger partial charge is 0.264 e. The van der Waals surface area contributed by atoms with Crippen LogP contribution in [0.2, 0.25) is 5.02 Å². The number of benzene rings is 3. The first-order valence-electron chi connectivity index (χ1n) is 9.96. The molecule has 10 heteroatoms. The van der Waals surface area contributed by atoms with Crippen molar-refractivity contribution >= 4 is 44.8 Å². The number of amides is 2. The molecule has 0 bridgehead atoms. The maximum Gasteiger partial charge on any atom is 0.264 e. The third-order valence-electron chi connectivity index (χ3n) is 4.82. The quantitative estimate of drug-likeness (QED) is 0.430. The van der Waals surface area contributed by atoms with E-state index in [0.29, 0.717) is 17.1 Å². The van der Waals surface area contributed by atoms with Crippen LogP contribution in [0.25, 0.3) is 0 Å². The number of carbonyl (C=O) groups is 2. The van der Waals surface area contributed by atoms with Crippen LogP contribution >= 0.6 is 11.6 Å². The lowest BCUT2D eigenvalue weighted by atomic mass is 10.1. The Morgan fingerprint density at radius 2 is 1.85 bits per heavy atom. The number of sulfonamides is 1. The van der Waals surface area contributed by atoms with E-state index >= 15 is 0 Å². The molecule has 3 N–H and O–H groups in total. The lowest BCUT2D eigenvalue weighted by Crippen LogP contribution is -2.31. The van der Waals surface area contributed by atoms with E-state index in [2.05, 4.69) is 11.9 Å². The van der Waals surface area contributed by atoms with Crippen molar-refractivity contribution in [2.45, 2.75) is 4.90 Å². The number of para-hydroxylation sites is 2. The third-order valence-corrected chi connectivity index (χ3v) is 6.93. The van der Waals surface area contributed by atoms with E-state index in [4.69, 9.17) is 22.1 Å². The Morgan fingerprint density at radius 3 is 2.53 bits per heavy atom. The summed E-state index contributed by atoms with van der Waals surface area (Å²) in [4.78, 5) is 24.2. The summed E-state index contributed by atoms with van der Waals surface area (Å²) >= 11 is 6.21. The average molecular weight is 500 g/mol. The summed E-state index contributed by atoms with van der Waals surface area (Å²) in [6.45, 7) is 3.61. The fourth-order valence-corrected chi connectivity index (χ4v) is 4.87. The van der Waals surface area contributed by atoms with Crippen molar-refractivity contribution in [3.05, 3.63) is 95.5 Å². The van der Waals surface area contributed by atoms with Gasteiger partial charge < -0.3 is 15.8 Å². The number of methoxy groups -OCH3 is 1. The molecule has 0 saturated carbocycles. The Labute approximate surface area is 202 Å². The Bertz CT molecular complexity index is 1360. The monoisotopic (exact) mass is 499 g/mol. The van der Waals surface area contributed by atoms with Crippen molar-refractivity contribution in [2.24, 2.45) is 5.73 Å². The molecule has 2 amide bonds. The number of nitrogens with one attached hydrogen (secondary N) is 1. The summed E-state index contributed by atoms with van der Waals surface area (Å²) in [5, 5.41) is 2.65. The highest BCUT2D eigenvalue weighted by molar-refractivity contribution is 7.92. The largest absolute Gasteiger partial charge is 0.495 e. The van der Waals surface area contributed by atoms with Crippen LogP contribution in [0.3, 0.4) is 0 Å². The van der Waals surface area contributed by atoms with Gasteiger partial charge in [0.25, 0.3) is 15.9 Å². The first-order chi connectivity index (χ1) is 16.2. The maximum atomic E-state index is 13.6. The molecule has 0 fully saturated rings. The van der Waals surface area contributed by atoms with Crippen molar-refractivity contribution in [1.29, 1.82) is 0 Å². The lowest BCUT2D eigenvalue weighted by Gasteiger charge is -2.25. The molecule has 0 saturated heterocycles. The van der Waals surface area contributed by atoms with Crippen LogP contribution in [0.1, 0.15) is 20.7 Å². The molecule has 0 unspecified atom stereocenters. The Morgan fingerprint density at radius 1 is 1.12 bits per heavy atom. The SMILES string of the molecule is C=CCN(c1ccccc1OC)S(=O)(=O)c1ccc(Cl)c(C(=O)Nc2cccc(C(N)=O)c2)c1. The van der Waals surface area contributed by atoms with E-state index in [1.165, 1.54) is 43.5 Å². The number of nitrogens with zero attached hydrogens (tertiary/aromatic N) is 1. The van der Waals surface area contributed by atoms with Gasteiger partial charge in [0.15, 0.2) is 0 Å². The summed E-state index contributed by atoms with van der Waals surface area (Å²) in [5.41, 5.74) is 6.03. The molecule has 8 nitrogen and oxygen atoms in total. The molecule has 0 atom stereocenters. The summed E-state index contributed by atoms with van der Waals surface area (Å²) < 4.78 is 33.5. The Balaban J connectivity index is 2.00. The van der Waals surface area contributed by atoms with Crippen molar-refractivity contribution in [3.8, 4) is 5.75 Å². The first-order valence-corrected chi connectivity index (χ1v) is 11.8. The molecule has 0 heterocycles. The van der Waals surface area contributed by atoms with Crippen LogP contribution in [-0.4, -0.2) is 33.9 Å². The molecule has 0 aliphatic heterocycles. The molecule has 3 aromatic carbocycles. The zero-order valence-corrected chi connectivity index (χ0v) is 19.8. The summed E-state index contributed by atoms with van der Waals surface area (Å²) in [5.74, 6) is -0.953. The number of ether oxygens (including phenoxy) is 1. The Hall–Kier alpha value is -3.82. The number of rotatable bonds is 9. The topological polar surface area (TPSA) is 119 Å². The molecule has 176 valence electrons. The maximum absolute atomic E-state index is 13.6. The van der Waals surface area contributed by atoms with E-state index < -0.39 is 21.8 Å². The number of halogens is 1. The summed E-state index contributed by atoms with van der Waals surface area (Å²) in [7, 11) is -2.69. The molecule has 0 aliphatic carbocycles. The zero-order valence-electron chi connectivity index (χ0n) is 18.2. The van der Waals surface area contributed by atoms with Gasteiger partial charge in [0, 0.05) is 11.3 Å². The van der Waals surface area contributed by atoms with Gasteiger partial charge in [-0.05, 0) is 48.5 Å². The van der Waals surface area contributed by atoms with Gasteiger partial charge in [-0.1, -0.05) is 35.9 Å². The highest BCUT2D eigenvalue weighted by Crippen LogP contribution is 2.33. The van der Waals surface area contributed by atoms with Crippen LogP contribution in [0.4, 0.5) is 11.4 Å². The van der Waals surface area contributed by atoms with E-state index in [-0.39, 0.29) is 27.6 Å². The van der Waals surface area contributed by atoms with Gasteiger partial charge in [-0.3, -0.25) is 13.9 Å². The van der Waals surface area contributed by atoms with Crippen LogP contribution in [-0.2, 0) is 10.0 Å². The van der Waals surface area contributed by atoms with Gasteiger partial charge in [-0.15, -0.1) is 6.58 Å². The highest BCUT2D eigenvalue weighted by Gasteiger charge is 2.28. The summed E-state index contributed by atoms with van der Waals surface area (Å²) in [6, 6.07) is 16.5. The van der Waals surface area contributed by atoms with Crippen molar-refractivity contribution in [1.82, 2.24) is 0 Å². The van der Waals surface area contributed by atoms with E-state index in [1.807, 2.05) is 0 Å². The number of carbonyl (C=O) groups excluding carboxylic acids is 2. The summed E-state index contributed by atoms with van der Waals surface area (Å²) in [6.07, 6.45) is 1.44. The fourth-order valence-electron chi connectivity index (χ4n) is 3.19. The highest BCUT2D eigenvalue weighted by atomic mass is 35.5. The molecule has 0 spiro atoms. The predicted octanol–water partition coefficient (Wildman–Crippen LogP) is 4.08. The fraction of sp³-hybridized carbons (Fsp3) is 0.0833. The second-order valence-electron chi connectivity index (χ2n) is 7.04. The molecule has 0 aromatic heterocycles. The van der Waals surface area contributed by atoms with Gasteiger partial charge in [0.05, 0.1) is 34.8 Å². The van der Waals surface area contributed by atoms with Gasteiger partial charge in [0.1, 0.15) is 5.75 Å². The lowest BCUT2D eigenvalue weighted by molar-refractivity contribution is 0.0996. The second-order valence-corrected chi connectivity index (χ2v) is 9.31. The van der Waals surface area contributed by atoms with Crippen molar-refractivity contribution in [2.75, 3.05) is 23.3 Å². The first kappa shape index (κ1) is 24.8. The normalized spacial score (nSPS) is 10.9. The minimum absolute atomic E-state index is 0.0349. The third kappa shape index (κ3) is 5.22. The molecule has 34 heavy (non-hydrogen) atoms. The number of hydrogen-bond donors (Lipinski definition) is 2. The van der Waals surface area contributed by atoms with E-state index in [9.17, 15) is 18.0 Å². The molecule has 0 aliphatic rings. The minimum Gasteiger partial charge on any atom is -0.495 e. The van der Waals surface area contributed by atoms with Gasteiger partial charge in [0.2, 0.25) is 5.91 Å².